The number of hydrogen-bond donors (Lipinski definition) is 3. The van der Waals surface area contributed by atoms with Gasteiger partial charge in [-0.15, -0.1) is 0 Å². The quantitative estimate of drug-likeness (QED) is 0.198. The average Bonchev–Trinajstić information content (AvgIpc) is 3.42. The van der Waals surface area contributed by atoms with Crippen LogP contribution in [0.3, 0.4) is 0 Å². The summed E-state index contributed by atoms with van der Waals surface area (Å²) < 4.78 is 40.3. The Morgan fingerprint density at radius 1 is 1.05 bits per heavy atom. The number of nitro groups is 1. The Morgan fingerprint density at radius 3 is 2.56 bits per heavy atom. The third kappa shape index (κ3) is 5.71. The molecule has 0 unspecified atom stereocenters. The molecule has 0 saturated carbocycles. The van der Waals surface area contributed by atoms with Crippen molar-refractivity contribution in [3.8, 4) is 11.5 Å². The summed E-state index contributed by atoms with van der Waals surface area (Å²) in [6.07, 6.45) is 3.28. The fourth-order valence-electron chi connectivity index (χ4n) is 4.47. The molecule has 3 N–H and O–H groups in total. The van der Waals surface area contributed by atoms with Crippen LogP contribution < -0.4 is 14.8 Å². The number of fused-ring (bicyclic) bond motifs is 1. The lowest BCUT2D eigenvalue weighted by Gasteiger charge is -2.23. The molecule has 1 aliphatic heterocycles. The van der Waals surface area contributed by atoms with Gasteiger partial charge in [0.1, 0.15) is 16.3 Å². The second-order valence-electron chi connectivity index (χ2n) is 9.08. The second-order valence-corrected chi connectivity index (χ2v) is 10.7. The van der Waals surface area contributed by atoms with E-state index in [1.807, 2.05) is 4.72 Å². The molecule has 0 spiro atoms. The monoisotopic (exact) mass is 550 g/mol. The van der Waals surface area contributed by atoms with E-state index in [0.717, 1.165) is 12.8 Å². The minimum absolute atomic E-state index is 0.107. The van der Waals surface area contributed by atoms with E-state index < -0.39 is 37.2 Å². The van der Waals surface area contributed by atoms with Gasteiger partial charge in [0.25, 0.3) is 15.9 Å². The topological polar surface area (TPSA) is 153 Å². The fourth-order valence-corrected chi connectivity index (χ4v) is 5.57. The molecule has 5 rings (SSSR count). The lowest BCUT2D eigenvalue weighted by molar-refractivity contribution is -0.384. The molecule has 1 amide bonds. The first-order valence-corrected chi connectivity index (χ1v) is 13.8. The van der Waals surface area contributed by atoms with Gasteiger partial charge in [0, 0.05) is 42.4 Å². The number of nitrogens with zero attached hydrogens (tertiary/aromatic N) is 1. The highest BCUT2D eigenvalue weighted by molar-refractivity contribution is 7.90. The van der Waals surface area contributed by atoms with Gasteiger partial charge in [-0.3, -0.25) is 14.9 Å². The van der Waals surface area contributed by atoms with Crippen molar-refractivity contribution in [2.75, 3.05) is 25.1 Å². The van der Waals surface area contributed by atoms with Crippen molar-refractivity contribution < 1.29 is 27.6 Å². The van der Waals surface area contributed by atoms with Crippen LogP contribution in [-0.4, -0.2) is 44.0 Å². The number of rotatable bonds is 9. The maximum absolute atomic E-state index is 13.5. The van der Waals surface area contributed by atoms with Gasteiger partial charge in [0.15, 0.2) is 0 Å². The van der Waals surface area contributed by atoms with Gasteiger partial charge < -0.3 is 19.8 Å². The fraction of sp³-hybridized carbons (Fsp3) is 0.222. The Morgan fingerprint density at radius 2 is 1.82 bits per heavy atom. The highest BCUT2D eigenvalue weighted by Crippen LogP contribution is 2.44. The van der Waals surface area contributed by atoms with Gasteiger partial charge in [-0.1, -0.05) is 24.3 Å². The molecule has 11 nitrogen and oxygen atoms in total. The zero-order valence-electron chi connectivity index (χ0n) is 20.8. The molecule has 202 valence electrons. The van der Waals surface area contributed by atoms with E-state index in [9.17, 15) is 23.3 Å². The molecular formula is C27H26N4O7S. The number of benzene rings is 3. The average molecular weight is 551 g/mol. The number of nitrogens with one attached hydrogen (secondary N) is 3. The molecule has 1 saturated heterocycles. The second kappa shape index (κ2) is 11.1. The number of sulfonamides is 1. The number of anilines is 1. The Labute approximate surface area is 224 Å². The van der Waals surface area contributed by atoms with Gasteiger partial charge >= 0.3 is 5.69 Å². The summed E-state index contributed by atoms with van der Waals surface area (Å²) in [7, 11) is -4.59. The lowest BCUT2D eigenvalue weighted by atomic mass is 10.0. The predicted molar refractivity (Wildman–Crippen MR) is 145 cm³/mol. The molecule has 1 aromatic heterocycles. The summed E-state index contributed by atoms with van der Waals surface area (Å²) in [5.74, 6) is -0.924. The van der Waals surface area contributed by atoms with Gasteiger partial charge in [-0.05, 0) is 61.2 Å². The van der Waals surface area contributed by atoms with Crippen molar-refractivity contribution in [2.24, 2.45) is 5.92 Å². The number of hydrogen-bond acceptors (Lipinski definition) is 8. The number of ether oxygens (including phenoxy) is 2. The summed E-state index contributed by atoms with van der Waals surface area (Å²) in [6.45, 7) is 1.66. The summed E-state index contributed by atoms with van der Waals surface area (Å²) in [4.78, 5) is 26.9. The van der Waals surface area contributed by atoms with Crippen LogP contribution in [0.1, 0.15) is 23.2 Å². The number of H-pyrrole nitrogens is 1. The van der Waals surface area contributed by atoms with E-state index in [-0.39, 0.29) is 22.9 Å². The highest BCUT2D eigenvalue weighted by atomic mass is 32.2. The number of aromatic amines is 1. The molecule has 3 aromatic carbocycles. The lowest BCUT2D eigenvalue weighted by Crippen LogP contribution is -2.31. The van der Waals surface area contributed by atoms with Crippen molar-refractivity contribution in [1.29, 1.82) is 0 Å². The van der Waals surface area contributed by atoms with Crippen molar-refractivity contribution in [1.82, 2.24) is 9.71 Å². The predicted octanol–water partition coefficient (Wildman–Crippen LogP) is 4.83. The normalized spacial score (nSPS) is 14.2. The smallest absolute Gasteiger partial charge is 0.335 e. The van der Waals surface area contributed by atoms with Crippen LogP contribution in [0.25, 0.3) is 10.9 Å². The van der Waals surface area contributed by atoms with E-state index in [2.05, 4.69) is 10.3 Å². The molecule has 0 bridgehead atoms. The van der Waals surface area contributed by atoms with Crippen molar-refractivity contribution in [3.05, 3.63) is 88.6 Å². The highest BCUT2D eigenvalue weighted by Gasteiger charge is 2.33. The maximum Gasteiger partial charge on any atom is 0.335 e. The molecule has 39 heavy (non-hydrogen) atoms. The van der Waals surface area contributed by atoms with E-state index in [1.54, 1.807) is 48.7 Å². The van der Waals surface area contributed by atoms with Crippen LogP contribution >= 0.6 is 0 Å². The maximum atomic E-state index is 13.5. The van der Waals surface area contributed by atoms with Crippen molar-refractivity contribution in [3.63, 3.8) is 0 Å². The standard InChI is InChI=1S/C27H26N4O7S/c32-27(19-5-2-1-3-6-19)30-39(35,36)24-10-9-22(29-17-18-12-15-37-16-13-18)25(31(33)34)26(24)38-23-8-4-7-21-20(23)11-14-28-21/h1-11,14,18,28-29H,12-13,15-17H2,(H,30,32). The van der Waals surface area contributed by atoms with Crippen LogP contribution in [0.2, 0.25) is 0 Å². The zero-order valence-corrected chi connectivity index (χ0v) is 21.6. The first-order valence-electron chi connectivity index (χ1n) is 12.3. The van der Waals surface area contributed by atoms with E-state index in [0.29, 0.717) is 30.7 Å². The third-order valence-corrected chi connectivity index (χ3v) is 7.87. The molecular weight excluding hydrogens is 524 g/mol. The van der Waals surface area contributed by atoms with Crippen LogP contribution in [0.15, 0.2) is 77.8 Å². The zero-order chi connectivity index (χ0) is 27.4. The number of amides is 1. The third-order valence-electron chi connectivity index (χ3n) is 6.52. The van der Waals surface area contributed by atoms with Crippen LogP contribution in [0.5, 0.6) is 11.5 Å². The summed E-state index contributed by atoms with van der Waals surface area (Å²) >= 11 is 0. The van der Waals surface area contributed by atoms with E-state index in [1.165, 1.54) is 24.3 Å². The molecule has 0 aliphatic carbocycles. The largest absolute Gasteiger partial charge is 0.448 e. The minimum atomic E-state index is -4.59. The van der Waals surface area contributed by atoms with Crippen LogP contribution in [0, 0.1) is 16.0 Å². The molecule has 1 fully saturated rings. The van der Waals surface area contributed by atoms with E-state index >= 15 is 0 Å². The number of carbonyl (C=O) groups is 1. The number of carbonyl (C=O) groups excluding carboxylic acids is 1. The summed E-state index contributed by atoms with van der Waals surface area (Å²) in [5, 5.41) is 16.1. The molecule has 0 atom stereocenters. The SMILES string of the molecule is O=C(NS(=O)(=O)c1ccc(NCC2CCOCC2)c([N+](=O)[O-])c1Oc1cccc2[nH]ccc12)c1ccccc1. The molecule has 2 heterocycles. The van der Waals surface area contributed by atoms with E-state index in [4.69, 9.17) is 9.47 Å². The Bertz CT molecular complexity index is 1610. The van der Waals surface area contributed by atoms with Gasteiger partial charge in [0.2, 0.25) is 5.75 Å². The van der Waals surface area contributed by atoms with Crippen molar-refractivity contribution >= 4 is 38.2 Å². The first-order chi connectivity index (χ1) is 18.8. The van der Waals surface area contributed by atoms with Crippen molar-refractivity contribution in [2.45, 2.75) is 17.7 Å². The molecule has 1 aliphatic rings. The Balaban J connectivity index is 1.58. The van der Waals surface area contributed by atoms with Gasteiger partial charge in [-0.25, -0.2) is 13.1 Å². The minimum Gasteiger partial charge on any atom is -0.448 e. The number of aromatic nitrogens is 1. The summed E-state index contributed by atoms with van der Waals surface area (Å²) in [5.41, 5.74) is 0.372. The van der Waals surface area contributed by atoms with Crippen LogP contribution in [0.4, 0.5) is 11.4 Å². The van der Waals surface area contributed by atoms with Gasteiger partial charge in [-0.2, -0.15) is 0 Å². The van der Waals surface area contributed by atoms with Gasteiger partial charge in [0.05, 0.1) is 4.92 Å². The Hall–Kier alpha value is -4.42. The molecule has 12 heteroatoms. The molecule has 0 radical (unpaired) electrons. The molecule has 4 aromatic rings. The Kier molecular flexibility index (Phi) is 7.48. The summed E-state index contributed by atoms with van der Waals surface area (Å²) in [6, 6.07) is 17.1. The first kappa shape index (κ1) is 26.2. The number of nitro benzene ring substituents is 1. The van der Waals surface area contributed by atoms with Crippen LogP contribution in [-0.2, 0) is 14.8 Å².